The molecule has 84 valence electrons. The molecule has 1 heteroatoms. The van der Waals surface area contributed by atoms with E-state index in [1.165, 1.54) is 22.4 Å². The van der Waals surface area contributed by atoms with Crippen molar-refractivity contribution in [2.45, 2.75) is 19.8 Å². The van der Waals surface area contributed by atoms with E-state index in [0.29, 0.717) is 5.92 Å². The van der Waals surface area contributed by atoms with Gasteiger partial charge in [-0.2, -0.15) is 0 Å². The normalized spacial score (nSPS) is 17.8. The number of aliphatic imine (C=N–C) groups is 1. The van der Waals surface area contributed by atoms with E-state index < -0.39 is 0 Å². The van der Waals surface area contributed by atoms with E-state index in [0.717, 1.165) is 5.69 Å². The van der Waals surface area contributed by atoms with Gasteiger partial charge in [-0.25, -0.2) is 0 Å². The monoisotopic (exact) mass is 221 g/mol. The van der Waals surface area contributed by atoms with Crippen LogP contribution in [0.3, 0.4) is 0 Å². The largest absolute Gasteiger partial charge is 0.252 e. The summed E-state index contributed by atoms with van der Waals surface area (Å²) in [4.78, 5) is 4.78. The van der Waals surface area contributed by atoms with E-state index in [-0.39, 0.29) is 0 Å². The molecule has 3 rings (SSSR count). The predicted octanol–water partition coefficient (Wildman–Crippen LogP) is 4.23. The van der Waals surface area contributed by atoms with Crippen molar-refractivity contribution in [1.82, 2.24) is 0 Å². The Morgan fingerprint density at radius 1 is 1.00 bits per heavy atom. The molecule has 0 spiro atoms. The Hall–Kier alpha value is -1.89. The first-order chi connectivity index (χ1) is 8.25. The van der Waals surface area contributed by atoms with Crippen molar-refractivity contribution in [3.8, 4) is 0 Å². The Bertz CT molecular complexity index is 582. The van der Waals surface area contributed by atoms with Crippen molar-refractivity contribution in [1.29, 1.82) is 0 Å². The molecule has 1 nitrogen and oxygen atoms in total. The van der Waals surface area contributed by atoms with Gasteiger partial charge in [-0.3, -0.25) is 4.99 Å². The molecule has 0 radical (unpaired) electrons. The van der Waals surface area contributed by atoms with Gasteiger partial charge >= 0.3 is 0 Å². The molecule has 1 atom stereocenters. The lowest BCUT2D eigenvalue weighted by atomic mass is 9.93. The molecule has 1 aliphatic heterocycles. The fourth-order valence-corrected chi connectivity index (χ4v) is 2.41. The van der Waals surface area contributed by atoms with E-state index in [1.807, 2.05) is 6.07 Å². The highest BCUT2D eigenvalue weighted by molar-refractivity contribution is 6.09. The number of rotatable bonds is 1. The second kappa shape index (κ2) is 3.85. The van der Waals surface area contributed by atoms with Gasteiger partial charge in [-0.1, -0.05) is 49.4 Å². The number of fused-ring (bicyclic) bond motifs is 1. The van der Waals surface area contributed by atoms with Gasteiger partial charge in [0.1, 0.15) is 0 Å². The molecule has 2 aromatic carbocycles. The molecule has 0 amide bonds. The molecule has 0 saturated heterocycles. The van der Waals surface area contributed by atoms with Crippen molar-refractivity contribution in [3.63, 3.8) is 0 Å². The van der Waals surface area contributed by atoms with Crippen molar-refractivity contribution < 1.29 is 0 Å². The third-order valence-electron chi connectivity index (χ3n) is 3.37. The molecule has 1 unspecified atom stereocenters. The molecule has 0 aliphatic carbocycles. The van der Waals surface area contributed by atoms with Crippen LogP contribution in [0.2, 0.25) is 0 Å². The Labute approximate surface area is 102 Å². The number of hydrogen-bond acceptors (Lipinski definition) is 1. The van der Waals surface area contributed by atoms with Gasteiger partial charge in [0.05, 0.1) is 11.4 Å². The van der Waals surface area contributed by atoms with E-state index in [9.17, 15) is 0 Å². The fourth-order valence-electron chi connectivity index (χ4n) is 2.41. The van der Waals surface area contributed by atoms with E-state index in [4.69, 9.17) is 4.99 Å². The molecule has 1 aliphatic rings. The summed E-state index contributed by atoms with van der Waals surface area (Å²) in [6, 6.07) is 17.0. The summed E-state index contributed by atoms with van der Waals surface area (Å²) in [6.45, 7) is 4.34. The molecule has 2 aromatic rings. The summed E-state index contributed by atoms with van der Waals surface area (Å²) in [6.07, 6.45) is 0. The van der Waals surface area contributed by atoms with Gasteiger partial charge in [0.2, 0.25) is 0 Å². The first kappa shape index (κ1) is 10.3. The molecule has 0 fully saturated rings. The third kappa shape index (κ3) is 1.68. The third-order valence-corrected chi connectivity index (χ3v) is 3.37. The number of aryl methyl sites for hydroxylation is 1. The summed E-state index contributed by atoms with van der Waals surface area (Å²) in [5.74, 6) is 0.396. The second-order valence-electron chi connectivity index (χ2n) is 4.65. The minimum absolute atomic E-state index is 0.396. The van der Waals surface area contributed by atoms with Crippen LogP contribution >= 0.6 is 0 Å². The van der Waals surface area contributed by atoms with Gasteiger partial charge in [0, 0.05) is 5.92 Å². The van der Waals surface area contributed by atoms with Gasteiger partial charge in [0.25, 0.3) is 0 Å². The highest BCUT2D eigenvalue weighted by atomic mass is 14.8. The summed E-state index contributed by atoms with van der Waals surface area (Å²) in [5.41, 5.74) is 6.17. The zero-order valence-corrected chi connectivity index (χ0v) is 10.1. The van der Waals surface area contributed by atoms with Crippen LogP contribution in [0.15, 0.2) is 53.5 Å². The summed E-state index contributed by atoms with van der Waals surface area (Å²) in [7, 11) is 0. The fraction of sp³-hybridized carbons (Fsp3) is 0.188. The number of nitrogens with zero attached hydrogens (tertiary/aromatic N) is 1. The van der Waals surface area contributed by atoms with Crippen molar-refractivity contribution in [2.24, 2.45) is 4.99 Å². The SMILES string of the molecule is Cc1ccc2c(c1)N=C(c1ccccc1)C2C. The quantitative estimate of drug-likeness (QED) is 0.683. The molecule has 0 bridgehead atoms. The van der Waals surface area contributed by atoms with Crippen LogP contribution < -0.4 is 0 Å². The minimum Gasteiger partial charge on any atom is -0.252 e. The summed E-state index contributed by atoms with van der Waals surface area (Å²) < 4.78 is 0. The second-order valence-corrected chi connectivity index (χ2v) is 4.65. The van der Waals surface area contributed by atoms with E-state index in [2.05, 4.69) is 56.3 Å². The van der Waals surface area contributed by atoms with Gasteiger partial charge in [-0.05, 0) is 29.7 Å². The molecule has 17 heavy (non-hydrogen) atoms. The van der Waals surface area contributed by atoms with Gasteiger partial charge in [0.15, 0.2) is 0 Å². The minimum atomic E-state index is 0.396. The van der Waals surface area contributed by atoms with Crippen molar-refractivity contribution in [3.05, 3.63) is 65.2 Å². The van der Waals surface area contributed by atoms with Crippen molar-refractivity contribution in [2.75, 3.05) is 0 Å². The molecular weight excluding hydrogens is 206 g/mol. The van der Waals surface area contributed by atoms with Crippen LogP contribution in [-0.4, -0.2) is 5.71 Å². The van der Waals surface area contributed by atoms with E-state index >= 15 is 0 Å². The topological polar surface area (TPSA) is 12.4 Å². The lowest BCUT2D eigenvalue weighted by Gasteiger charge is -2.08. The zero-order valence-electron chi connectivity index (χ0n) is 10.1. The Balaban J connectivity index is 2.09. The first-order valence-corrected chi connectivity index (χ1v) is 6.00. The molecule has 1 heterocycles. The maximum atomic E-state index is 4.78. The van der Waals surface area contributed by atoms with Crippen LogP contribution in [0.5, 0.6) is 0 Å². The smallest absolute Gasteiger partial charge is 0.0674 e. The van der Waals surface area contributed by atoms with Gasteiger partial charge in [-0.15, -0.1) is 0 Å². The predicted molar refractivity (Wildman–Crippen MR) is 72.2 cm³/mol. The molecule has 0 aromatic heterocycles. The van der Waals surface area contributed by atoms with Crippen LogP contribution in [-0.2, 0) is 0 Å². The average Bonchev–Trinajstić information content (AvgIpc) is 2.67. The number of benzene rings is 2. The van der Waals surface area contributed by atoms with E-state index in [1.54, 1.807) is 0 Å². The molecule has 0 saturated carbocycles. The Morgan fingerprint density at radius 2 is 1.76 bits per heavy atom. The highest BCUT2D eigenvalue weighted by Crippen LogP contribution is 2.37. The number of hydrogen-bond donors (Lipinski definition) is 0. The standard InChI is InChI=1S/C16H15N/c1-11-8-9-14-12(2)16(17-15(14)10-11)13-6-4-3-5-7-13/h3-10,12H,1-2H3. The highest BCUT2D eigenvalue weighted by Gasteiger charge is 2.23. The summed E-state index contributed by atoms with van der Waals surface area (Å²) in [5, 5.41) is 0. The first-order valence-electron chi connectivity index (χ1n) is 6.00. The summed E-state index contributed by atoms with van der Waals surface area (Å²) >= 11 is 0. The lowest BCUT2D eigenvalue weighted by molar-refractivity contribution is 1.05. The maximum Gasteiger partial charge on any atom is 0.0674 e. The van der Waals surface area contributed by atoms with Crippen LogP contribution in [0, 0.1) is 6.92 Å². The van der Waals surface area contributed by atoms with Crippen molar-refractivity contribution >= 4 is 11.4 Å². The lowest BCUT2D eigenvalue weighted by Crippen LogP contribution is -2.05. The molecule has 0 N–H and O–H groups in total. The van der Waals surface area contributed by atoms with Crippen LogP contribution in [0.1, 0.15) is 29.5 Å². The Morgan fingerprint density at radius 3 is 2.53 bits per heavy atom. The zero-order chi connectivity index (χ0) is 11.8. The maximum absolute atomic E-state index is 4.78. The average molecular weight is 221 g/mol. The Kier molecular flexibility index (Phi) is 2.32. The van der Waals surface area contributed by atoms with Gasteiger partial charge < -0.3 is 0 Å². The van der Waals surface area contributed by atoms with Crippen LogP contribution in [0.4, 0.5) is 5.69 Å². The molecular formula is C16H15N. The van der Waals surface area contributed by atoms with Crippen LogP contribution in [0.25, 0.3) is 0 Å².